The van der Waals surface area contributed by atoms with Gasteiger partial charge in [-0.25, -0.2) is 14.6 Å². The molecule has 0 saturated heterocycles. The molecule has 1 atom stereocenters. The van der Waals surface area contributed by atoms with Crippen LogP contribution in [-0.4, -0.2) is 51.0 Å². The number of hydrogen-bond donors (Lipinski definition) is 1. The first-order valence-corrected chi connectivity index (χ1v) is 9.04. The van der Waals surface area contributed by atoms with Crippen molar-refractivity contribution in [2.24, 2.45) is 4.99 Å². The number of esters is 2. The molecule has 7 nitrogen and oxygen atoms in total. The molecule has 1 aliphatic rings. The van der Waals surface area contributed by atoms with Crippen molar-refractivity contribution < 1.29 is 19.1 Å². The fourth-order valence-electron chi connectivity index (χ4n) is 3.15. The van der Waals surface area contributed by atoms with E-state index in [1.807, 2.05) is 43.3 Å². The second-order valence-corrected chi connectivity index (χ2v) is 6.65. The van der Waals surface area contributed by atoms with Gasteiger partial charge in [0.05, 0.1) is 42.8 Å². The van der Waals surface area contributed by atoms with Gasteiger partial charge in [-0.15, -0.1) is 0 Å². The number of carbonyl (C=O) groups excluding carboxylic acids is 2. The lowest BCUT2D eigenvalue weighted by Crippen LogP contribution is -2.32. The zero-order valence-corrected chi connectivity index (χ0v) is 17.2. The average Bonchev–Trinajstić information content (AvgIpc) is 2.65. The van der Waals surface area contributed by atoms with E-state index in [9.17, 15) is 9.59 Å². The molecule has 0 saturated carbocycles. The number of methoxy groups -OCH3 is 1. The van der Waals surface area contributed by atoms with Gasteiger partial charge in [0.1, 0.15) is 0 Å². The van der Waals surface area contributed by atoms with Crippen LogP contribution in [0.5, 0.6) is 0 Å². The molecule has 0 spiro atoms. The number of hydrogen-bond acceptors (Lipinski definition) is 6. The van der Waals surface area contributed by atoms with Gasteiger partial charge in [0.15, 0.2) is 0 Å². The van der Waals surface area contributed by atoms with E-state index in [4.69, 9.17) is 9.47 Å². The Labute approximate surface area is 165 Å². The van der Waals surface area contributed by atoms with Crippen molar-refractivity contribution in [3.05, 3.63) is 52.4 Å². The lowest BCUT2D eigenvalue weighted by atomic mass is 9.80. The maximum Gasteiger partial charge on any atom is 0.336 e. The van der Waals surface area contributed by atoms with Crippen molar-refractivity contribution in [2.75, 3.05) is 27.8 Å². The SMILES string of the molecule is CCOC(=O)C1=C(C)NC(C)=C(C(=O)OC)C1c1cccc(N=CN(C)C)c1. The molecule has 2 rings (SSSR count). The van der Waals surface area contributed by atoms with E-state index in [1.165, 1.54) is 7.11 Å². The summed E-state index contributed by atoms with van der Waals surface area (Å²) in [5.41, 5.74) is 3.54. The van der Waals surface area contributed by atoms with Crippen LogP contribution >= 0.6 is 0 Å². The Morgan fingerprint density at radius 1 is 1.18 bits per heavy atom. The third-order valence-corrected chi connectivity index (χ3v) is 4.30. The Morgan fingerprint density at radius 3 is 2.39 bits per heavy atom. The monoisotopic (exact) mass is 385 g/mol. The summed E-state index contributed by atoms with van der Waals surface area (Å²) in [5.74, 6) is -1.57. The molecule has 0 aliphatic carbocycles. The van der Waals surface area contributed by atoms with Crippen molar-refractivity contribution in [1.29, 1.82) is 0 Å². The third kappa shape index (κ3) is 4.60. The molecule has 0 fully saturated rings. The summed E-state index contributed by atoms with van der Waals surface area (Å²) >= 11 is 0. The highest BCUT2D eigenvalue weighted by molar-refractivity contribution is 5.99. The van der Waals surface area contributed by atoms with E-state index >= 15 is 0 Å². The average molecular weight is 385 g/mol. The lowest BCUT2D eigenvalue weighted by Gasteiger charge is -2.30. The zero-order valence-electron chi connectivity index (χ0n) is 17.2. The summed E-state index contributed by atoms with van der Waals surface area (Å²) in [4.78, 5) is 31.5. The number of dihydropyridines is 1. The van der Waals surface area contributed by atoms with Gasteiger partial charge >= 0.3 is 11.9 Å². The number of rotatable bonds is 6. The van der Waals surface area contributed by atoms with E-state index < -0.39 is 17.9 Å². The Hall–Kier alpha value is -3.09. The molecule has 1 N–H and O–H groups in total. The first kappa shape index (κ1) is 21.2. The van der Waals surface area contributed by atoms with Crippen molar-refractivity contribution in [2.45, 2.75) is 26.7 Å². The number of ether oxygens (including phenoxy) is 2. The molecule has 0 radical (unpaired) electrons. The first-order chi connectivity index (χ1) is 13.3. The summed E-state index contributed by atoms with van der Waals surface area (Å²) in [7, 11) is 5.09. The Bertz CT molecular complexity index is 853. The fourth-order valence-corrected chi connectivity index (χ4v) is 3.15. The highest BCUT2D eigenvalue weighted by Gasteiger charge is 2.37. The second kappa shape index (κ2) is 9.21. The molecule has 1 heterocycles. The van der Waals surface area contributed by atoms with Crippen molar-refractivity contribution in [3.8, 4) is 0 Å². The summed E-state index contributed by atoms with van der Waals surface area (Å²) < 4.78 is 10.3. The van der Waals surface area contributed by atoms with Gasteiger partial charge in [0, 0.05) is 25.5 Å². The van der Waals surface area contributed by atoms with E-state index in [1.54, 1.807) is 27.1 Å². The summed E-state index contributed by atoms with van der Waals surface area (Å²) in [5, 5.41) is 3.11. The molecule has 1 unspecified atom stereocenters. The van der Waals surface area contributed by atoms with Crippen LogP contribution in [0.4, 0.5) is 5.69 Å². The van der Waals surface area contributed by atoms with Crippen molar-refractivity contribution in [1.82, 2.24) is 10.2 Å². The van der Waals surface area contributed by atoms with Gasteiger partial charge in [0.2, 0.25) is 0 Å². The number of nitrogens with one attached hydrogen (secondary N) is 1. The van der Waals surface area contributed by atoms with Crippen LogP contribution in [0.1, 0.15) is 32.3 Å². The van der Waals surface area contributed by atoms with Crippen LogP contribution in [0.2, 0.25) is 0 Å². The largest absolute Gasteiger partial charge is 0.466 e. The maximum absolute atomic E-state index is 12.7. The predicted molar refractivity (Wildman–Crippen MR) is 108 cm³/mol. The smallest absolute Gasteiger partial charge is 0.336 e. The molecule has 1 aromatic rings. The van der Waals surface area contributed by atoms with E-state index in [0.717, 1.165) is 5.56 Å². The van der Waals surface area contributed by atoms with Crippen LogP contribution < -0.4 is 5.32 Å². The van der Waals surface area contributed by atoms with Gasteiger partial charge in [-0.2, -0.15) is 0 Å². The van der Waals surface area contributed by atoms with Gasteiger partial charge in [-0.05, 0) is 38.5 Å². The molecule has 28 heavy (non-hydrogen) atoms. The fraction of sp³-hybridized carbons (Fsp3) is 0.381. The highest BCUT2D eigenvalue weighted by Crippen LogP contribution is 2.40. The van der Waals surface area contributed by atoms with Crippen LogP contribution in [0.15, 0.2) is 51.8 Å². The number of benzene rings is 1. The number of aliphatic imine (C=N–C) groups is 1. The summed E-state index contributed by atoms with van der Waals surface area (Å²) in [6.07, 6.45) is 1.69. The molecular formula is C21H27N3O4. The van der Waals surface area contributed by atoms with E-state index in [2.05, 4.69) is 10.3 Å². The molecule has 0 amide bonds. The lowest BCUT2D eigenvalue weighted by molar-refractivity contribution is -0.139. The van der Waals surface area contributed by atoms with E-state index in [-0.39, 0.29) is 6.61 Å². The summed E-state index contributed by atoms with van der Waals surface area (Å²) in [6, 6.07) is 7.44. The molecule has 1 aromatic carbocycles. The minimum atomic E-state index is -0.609. The van der Waals surface area contributed by atoms with Crippen molar-refractivity contribution in [3.63, 3.8) is 0 Å². The van der Waals surface area contributed by atoms with Crippen LogP contribution in [0, 0.1) is 0 Å². The van der Waals surface area contributed by atoms with Gasteiger partial charge in [-0.1, -0.05) is 12.1 Å². The standard InChI is InChI=1S/C21H27N3O4/c1-7-28-21(26)18-14(3)23-13(2)17(20(25)27-6)19(18)15-9-8-10-16(11-15)22-12-24(4)5/h8-12,19,23H,7H2,1-6H3. The minimum absolute atomic E-state index is 0.242. The number of nitrogens with zero attached hydrogens (tertiary/aromatic N) is 2. The third-order valence-electron chi connectivity index (χ3n) is 4.30. The Kier molecular flexibility index (Phi) is 6.98. The van der Waals surface area contributed by atoms with Crippen LogP contribution in [0.3, 0.4) is 0 Å². The van der Waals surface area contributed by atoms with E-state index in [0.29, 0.717) is 28.2 Å². The second-order valence-electron chi connectivity index (χ2n) is 6.65. The number of allylic oxidation sites excluding steroid dienone is 2. The number of carbonyl (C=O) groups is 2. The zero-order chi connectivity index (χ0) is 20.8. The minimum Gasteiger partial charge on any atom is -0.466 e. The summed E-state index contributed by atoms with van der Waals surface area (Å²) in [6.45, 7) is 5.58. The molecule has 1 aliphatic heterocycles. The topological polar surface area (TPSA) is 80.2 Å². The molecule has 0 bridgehead atoms. The van der Waals surface area contributed by atoms with Crippen LogP contribution in [0.25, 0.3) is 0 Å². The van der Waals surface area contributed by atoms with Crippen LogP contribution in [-0.2, 0) is 19.1 Å². The highest BCUT2D eigenvalue weighted by atomic mass is 16.5. The Balaban J connectivity index is 2.64. The molecule has 7 heteroatoms. The van der Waals surface area contributed by atoms with Gasteiger partial charge in [0.25, 0.3) is 0 Å². The van der Waals surface area contributed by atoms with Gasteiger partial charge in [-0.3, -0.25) is 0 Å². The first-order valence-electron chi connectivity index (χ1n) is 9.04. The molecule has 0 aromatic heterocycles. The molecular weight excluding hydrogens is 358 g/mol. The maximum atomic E-state index is 12.7. The van der Waals surface area contributed by atoms with Gasteiger partial charge < -0.3 is 19.7 Å². The quantitative estimate of drug-likeness (QED) is 0.461. The predicted octanol–water partition coefficient (Wildman–Crippen LogP) is 2.88. The molecule has 150 valence electrons. The van der Waals surface area contributed by atoms with Crippen molar-refractivity contribution >= 4 is 24.0 Å². The Morgan fingerprint density at radius 2 is 1.82 bits per heavy atom. The normalized spacial score (nSPS) is 16.9.